The van der Waals surface area contributed by atoms with Gasteiger partial charge in [-0.15, -0.1) is 11.3 Å². The van der Waals surface area contributed by atoms with Crippen molar-refractivity contribution in [1.29, 1.82) is 0 Å². The van der Waals surface area contributed by atoms with E-state index in [1.165, 1.54) is 31.8 Å². The zero-order chi connectivity index (χ0) is 25.3. The van der Waals surface area contributed by atoms with Crippen LogP contribution in [0.2, 0.25) is 0 Å². The van der Waals surface area contributed by atoms with Gasteiger partial charge in [0.15, 0.2) is 0 Å². The van der Waals surface area contributed by atoms with Crippen LogP contribution in [0.5, 0.6) is 0 Å². The van der Waals surface area contributed by atoms with Gasteiger partial charge in [0, 0.05) is 37.8 Å². The highest BCUT2D eigenvalue weighted by Gasteiger charge is 2.21. The van der Waals surface area contributed by atoms with Gasteiger partial charge in [-0.05, 0) is 59.7 Å². The minimum absolute atomic E-state index is 0.0996. The van der Waals surface area contributed by atoms with Crippen molar-refractivity contribution < 1.29 is 0 Å². The Morgan fingerprint density at radius 2 is 1.49 bits per heavy atom. The molecule has 0 bridgehead atoms. The predicted molar refractivity (Wildman–Crippen MR) is 158 cm³/mol. The lowest BCUT2D eigenvalue weighted by Gasteiger charge is -2.19. The van der Waals surface area contributed by atoms with Crippen LogP contribution < -0.4 is 0 Å². The zero-order valence-corrected chi connectivity index (χ0v) is 22.2. The van der Waals surface area contributed by atoms with Crippen molar-refractivity contribution in [2.75, 3.05) is 0 Å². The number of nitrogens with zero attached hydrogens (tertiary/aromatic N) is 3. The molecular weight excluding hydrogens is 470 g/mol. The van der Waals surface area contributed by atoms with Gasteiger partial charge in [0.25, 0.3) is 0 Å². The molecule has 3 aromatic heterocycles. The Morgan fingerprint density at radius 3 is 2.30 bits per heavy atom. The minimum Gasteiger partial charge on any atom is -0.292 e. The summed E-state index contributed by atoms with van der Waals surface area (Å²) in [7, 11) is 0. The third kappa shape index (κ3) is 3.47. The van der Waals surface area contributed by atoms with Crippen molar-refractivity contribution >= 4 is 53.4 Å². The van der Waals surface area contributed by atoms with E-state index >= 15 is 0 Å². The number of thiophene rings is 1. The first-order valence-corrected chi connectivity index (χ1v) is 13.5. The summed E-state index contributed by atoms with van der Waals surface area (Å²) < 4.78 is 3.55. The summed E-state index contributed by atoms with van der Waals surface area (Å²) in [6.07, 6.45) is 0. The van der Waals surface area contributed by atoms with E-state index in [1.807, 2.05) is 0 Å². The first-order chi connectivity index (χ1) is 17.9. The van der Waals surface area contributed by atoms with Crippen LogP contribution in [0.25, 0.3) is 59.2 Å². The number of pyridine rings is 1. The summed E-state index contributed by atoms with van der Waals surface area (Å²) in [5.41, 5.74) is 6.86. The topological polar surface area (TPSA) is 30.7 Å². The first kappa shape index (κ1) is 22.2. The molecule has 3 nitrogen and oxygen atoms in total. The lowest BCUT2D eigenvalue weighted by molar-refractivity contribution is 0.590. The maximum absolute atomic E-state index is 5.35. The Kier molecular flexibility index (Phi) is 4.79. The number of imidazole rings is 1. The van der Waals surface area contributed by atoms with Crippen molar-refractivity contribution in [2.45, 2.75) is 33.1 Å². The molecule has 0 saturated heterocycles. The van der Waals surface area contributed by atoms with Gasteiger partial charge in [0.05, 0.1) is 11.0 Å². The Hall–Kier alpha value is -4.02. The van der Waals surface area contributed by atoms with E-state index in [0.717, 1.165) is 38.6 Å². The van der Waals surface area contributed by atoms with Gasteiger partial charge in [-0.1, -0.05) is 75.4 Å². The number of benzene rings is 4. The molecule has 0 aliphatic carbocycles. The largest absolute Gasteiger partial charge is 0.292 e. The second kappa shape index (κ2) is 7.99. The van der Waals surface area contributed by atoms with Crippen LogP contribution in [0.3, 0.4) is 0 Å². The van der Waals surface area contributed by atoms with Gasteiger partial charge >= 0.3 is 0 Å². The summed E-state index contributed by atoms with van der Waals surface area (Å²) >= 11 is 1.76. The molecule has 0 unspecified atom stereocenters. The zero-order valence-electron chi connectivity index (χ0n) is 21.4. The molecule has 4 heteroatoms. The van der Waals surface area contributed by atoms with Crippen LogP contribution in [0.4, 0.5) is 0 Å². The molecule has 0 atom stereocenters. The Labute approximate surface area is 220 Å². The SMILES string of the molecule is Cc1ccc2c(n1)sc1c(-c3nc4c5ccccc5ccc4n3-c3ccc(C(C)(C)C)cc3)cccc12. The molecule has 3 heterocycles. The molecule has 4 aromatic carbocycles. The van der Waals surface area contributed by atoms with Gasteiger partial charge in [-0.2, -0.15) is 0 Å². The average molecular weight is 498 g/mol. The van der Waals surface area contributed by atoms with Crippen LogP contribution in [0.15, 0.2) is 91.0 Å². The van der Waals surface area contributed by atoms with E-state index < -0.39 is 0 Å². The van der Waals surface area contributed by atoms with E-state index in [0.29, 0.717) is 0 Å². The molecule has 0 N–H and O–H groups in total. The minimum atomic E-state index is 0.0996. The van der Waals surface area contributed by atoms with E-state index in [2.05, 4.69) is 123 Å². The molecule has 0 radical (unpaired) electrons. The molecule has 7 rings (SSSR count). The number of fused-ring (bicyclic) bond motifs is 6. The van der Waals surface area contributed by atoms with E-state index in [-0.39, 0.29) is 5.41 Å². The summed E-state index contributed by atoms with van der Waals surface area (Å²) in [6, 6.07) is 32.7. The second-order valence-corrected chi connectivity index (χ2v) is 11.8. The molecule has 180 valence electrons. The number of aromatic nitrogens is 3. The number of rotatable bonds is 2. The maximum atomic E-state index is 5.35. The van der Waals surface area contributed by atoms with Gasteiger partial charge in [0.2, 0.25) is 0 Å². The molecular formula is C33H27N3S. The molecule has 0 aliphatic heterocycles. The van der Waals surface area contributed by atoms with Crippen molar-refractivity contribution in [3.05, 3.63) is 102 Å². The molecule has 37 heavy (non-hydrogen) atoms. The highest BCUT2D eigenvalue weighted by molar-refractivity contribution is 7.26. The second-order valence-electron chi connectivity index (χ2n) is 10.8. The predicted octanol–water partition coefficient (Wildman–Crippen LogP) is 9.21. The van der Waals surface area contributed by atoms with Crippen molar-refractivity contribution in [2.24, 2.45) is 0 Å². The quantitative estimate of drug-likeness (QED) is 0.238. The fraction of sp³-hybridized carbons (Fsp3) is 0.152. The van der Waals surface area contributed by atoms with Gasteiger partial charge in [-0.3, -0.25) is 4.57 Å². The summed E-state index contributed by atoms with van der Waals surface area (Å²) in [5, 5.41) is 4.81. The highest BCUT2D eigenvalue weighted by Crippen LogP contribution is 2.41. The van der Waals surface area contributed by atoms with E-state index in [1.54, 1.807) is 11.3 Å². The fourth-order valence-electron chi connectivity index (χ4n) is 5.31. The van der Waals surface area contributed by atoms with Gasteiger partial charge in [0.1, 0.15) is 10.7 Å². The van der Waals surface area contributed by atoms with Crippen LogP contribution >= 0.6 is 11.3 Å². The van der Waals surface area contributed by atoms with Crippen molar-refractivity contribution in [3.8, 4) is 17.1 Å². The van der Waals surface area contributed by atoms with E-state index in [4.69, 9.17) is 9.97 Å². The monoisotopic (exact) mass is 497 g/mol. The summed E-state index contributed by atoms with van der Waals surface area (Å²) in [5.74, 6) is 0.962. The normalized spacial score (nSPS) is 12.3. The van der Waals surface area contributed by atoms with Crippen LogP contribution in [-0.4, -0.2) is 14.5 Å². The molecule has 0 aliphatic rings. The van der Waals surface area contributed by atoms with Gasteiger partial charge < -0.3 is 0 Å². The molecule has 7 aromatic rings. The number of hydrogen-bond acceptors (Lipinski definition) is 3. The lowest BCUT2D eigenvalue weighted by Crippen LogP contribution is -2.11. The van der Waals surface area contributed by atoms with Crippen LogP contribution in [-0.2, 0) is 5.41 Å². The lowest BCUT2D eigenvalue weighted by atomic mass is 9.87. The number of hydrogen-bond donors (Lipinski definition) is 0. The standard InChI is InChI=1S/C33H27N3S/c1-20-12-18-26-25-10-7-11-27(30(25)37-32(26)34-20)31-35-29-24-9-6-5-8-21(24)13-19-28(29)36(31)23-16-14-22(15-17-23)33(2,3)4/h5-19H,1-4H3. The third-order valence-electron chi connectivity index (χ3n) is 7.29. The maximum Gasteiger partial charge on any atom is 0.147 e. The van der Waals surface area contributed by atoms with E-state index in [9.17, 15) is 0 Å². The molecule has 0 saturated carbocycles. The Bertz CT molecular complexity index is 1970. The smallest absolute Gasteiger partial charge is 0.147 e. The molecule has 0 amide bonds. The van der Waals surface area contributed by atoms with Gasteiger partial charge in [-0.25, -0.2) is 9.97 Å². The molecule has 0 spiro atoms. The van der Waals surface area contributed by atoms with Crippen LogP contribution in [0, 0.1) is 6.92 Å². The highest BCUT2D eigenvalue weighted by atomic mass is 32.1. The van der Waals surface area contributed by atoms with Crippen LogP contribution in [0.1, 0.15) is 32.0 Å². The first-order valence-electron chi connectivity index (χ1n) is 12.7. The summed E-state index contributed by atoms with van der Waals surface area (Å²) in [4.78, 5) is 11.3. The number of aryl methyl sites for hydroxylation is 1. The third-order valence-corrected chi connectivity index (χ3v) is 8.43. The summed E-state index contributed by atoms with van der Waals surface area (Å²) in [6.45, 7) is 8.81. The Balaban J connectivity index is 1.57. The Morgan fingerprint density at radius 1 is 0.703 bits per heavy atom. The van der Waals surface area contributed by atoms with Crippen molar-refractivity contribution in [1.82, 2.24) is 14.5 Å². The van der Waals surface area contributed by atoms with Crippen molar-refractivity contribution in [3.63, 3.8) is 0 Å². The molecule has 0 fully saturated rings. The fourth-order valence-corrected chi connectivity index (χ4v) is 6.54. The average Bonchev–Trinajstić information content (AvgIpc) is 3.46.